The topological polar surface area (TPSA) is 28.2 Å². The van der Waals surface area contributed by atoms with Crippen LogP contribution in [0.1, 0.15) is 26.2 Å². The van der Waals surface area contributed by atoms with Crippen LogP contribution in [0.3, 0.4) is 0 Å². The Bertz CT molecular complexity index is 345. The van der Waals surface area contributed by atoms with Crippen molar-refractivity contribution in [3.63, 3.8) is 0 Å². The minimum atomic E-state index is 0.614. The van der Waals surface area contributed by atoms with Gasteiger partial charge in [-0.2, -0.15) is 0 Å². The van der Waals surface area contributed by atoms with E-state index in [-0.39, 0.29) is 0 Å². The van der Waals surface area contributed by atoms with E-state index >= 15 is 0 Å². The molecule has 1 aromatic heterocycles. The molecule has 0 bridgehead atoms. The van der Waals surface area contributed by atoms with Crippen molar-refractivity contribution in [2.45, 2.75) is 32.2 Å². The van der Waals surface area contributed by atoms with E-state index in [4.69, 9.17) is 0 Å². The standard InChI is InChI=1S/C13H21N3/c1-4-11(10-7-8-10)15-12-6-5-9-14-13(12)16(2)3/h5-6,9-11,15H,4,7-8H2,1-3H3. The van der Waals surface area contributed by atoms with Gasteiger partial charge < -0.3 is 10.2 Å². The number of pyridine rings is 1. The van der Waals surface area contributed by atoms with E-state index in [1.165, 1.54) is 19.3 Å². The van der Waals surface area contributed by atoms with E-state index in [1.54, 1.807) is 0 Å². The van der Waals surface area contributed by atoms with Crippen molar-refractivity contribution < 1.29 is 0 Å². The summed E-state index contributed by atoms with van der Waals surface area (Å²) < 4.78 is 0. The number of hydrogen-bond acceptors (Lipinski definition) is 3. The molecule has 1 N–H and O–H groups in total. The van der Waals surface area contributed by atoms with Gasteiger partial charge in [0.2, 0.25) is 0 Å². The normalized spacial score (nSPS) is 16.9. The van der Waals surface area contributed by atoms with E-state index in [1.807, 2.05) is 26.4 Å². The molecule has 16 heavy (non-hydrogen) atoms. The van der Waals surface area contributed by atoms with Crippen molar-refractivity contribution >= 4 is 11.5 Å². The maximum Gasteiger partial charge on any atom is 0.151 e. The predicted octanol–water partition coefficient (Wildman–Crippen LogP) is 2.75. The molecule has 1 aliphatic rings. The Kier molecular flexibility index (Phi) is 3.32. The van der Waals surface area contributed by atoms with Crippen LogP contribution in [0.2, 0.25) is 0 Å². The van der Waals surface area contributed by atoms with Gasteiger partial charge in [0.25, 0.3) is 0 Å². The molecule has 0 aromatic carbocycles. The second kappa shape index (κ2) is 4.73. The zero-order valence-corrected chi connectivity index (χ0v) is 10.4. The summed E-state index contributed by atoms with van der Waals surface area (Å²) in [5.74, 6) is 1.90. The first-order chi connectivity index (χ1) is 7.72. The average Bonchev–Trinajstić information content (AvgIpc) is 3.10. The lowest BCUT2D eigenvalue weighted by Crippen LogP contribution is -2.23. The summed E-state index contributed by atoms with van der Waals surface area (Å²) in [7, 11) is 4.07. The first-order valence-corrected chi connectivity index (χ1v) is 6.11. The van der Waals surface area contributed by atoms with Gasteiger partial charge >= 0.3 is 0 Å². The van der Waals surface area contributed by atoms with Crippen molar-refractivity contribution in [3.05, 3.63) is 18.3 Å². The molecule has 1 aromatic rings. The number of rotatable bonds is 5. The quantitative estimate of drug-likeness (QED) is 0.825. The minimum Gasteiger partial charge on any atom is -0.379 e. The van der Waals surface area contributed by atoms with E-state index in [2.05, 4.69) is 28.2 Å². The van der Waals surface area contributed by atoms with Gasteiger partial charge in [-0.3, -0.25) is 0 Å². The van der Waals surface area contributed by atoms with Gasteiger partial charge in [-0.25, -0.2) is 4.98 Å². The Morgan fingerprint density at radius 1 is 1.50 bits per heavy atom. The van der Waals surface area contributed by atoms with Crippen LogP contribution in [0.15, 0.2) is 18.3 Å². The van der Waals surface area contributed by atoms with Crippen molar-refractivity contribution in [1.29, 1.82) is 0 Å². The number of aromatic nitrogens is 1. The summed E-state index contributed by atoms with van der Waals surface area (Å²) in [4.78, 5) is 6.47. The van der Waals surface area contributed by atoms with Crippen LogP contribution in [0.25, 0.3) is 0 Å². The van der Waals surface area contributed by atoms with Crippen molar-refractivity contribution in [1.82, 2.24) is 4.98 Å². The van der Waals surface area contributed by atoms with E-state index in [0.717, 1.165) is 17.4 Å². The van der Waals surface area contributed by atoms with Crippen LogP contribution in [0.5, 0.6) is 0 Å². The molecular formula is C13H21N3. The van der Waals surface area contributed by atoms with E-state index in [0.29, 0.717) is 6.04 Å². The maximum atomic E-state index is 4.41. The highest BCUT2D eigenvalue weighted by atomic mass is 15.2. The molecule has 0 amide bonds. The highest BCUT2D eigenvalue weighted by molar-refractivity contribution is 5.65. The monoisotopic (exact) mass is 219 g/mol. The van der Waals surface area contributed by atoms with Gasteiger partial charge in [-0.15, -0.1) is 0 Å². The van der Waals surface area contributed by atoms with Crippen molar-refractivity contribution in [2.24, 2.45) is 5.92 Å². The SMILES string of the molecule is CCC(Nc1cccnc1N(C)C)C1CC1. The molecule has 2 rings (SSSR count). The molecule has 0 saturated heterocycles. The van der Waals surface area contributed by atoms with Gasteiger partial charge in [-0.1, -0.05) is 6.92 Å². The highest BCUT2D eigenvalue weighted by Gasteiger charge is 2.30. The summed E-state index contributed by atoms with van der Waals surface area (Å²) in [6.45, 7) is 2.25. The second-order valence-corrected chi connectivity index (χ2v) is 4.77. The average molecular weight is 219 g/mol. The maximum absolute atomic E-state index is 4.41. The molecule has 0 radical (unpaired) electrons. The summed E-state index contributed by atoms with van der Waals surface area (Å²) >= 11 is 0. The number of hydrogen-bond donors (Lipinski definition) is 1. The van der Waals surface area contributed by atoms with Crippen LogP contribution in [0.4, 0.5) is 11.5 Å². The Labute approximate surface area is 97.9 Å². The van der Waals surface area contributed by atoms with Crippen LogP contribution in [-0.2, 0) is 0 Å². The third-order valence-electron chi connectivity index (χ3n) is 3.18. The third-order valence-corrected chi connectivity index (χ3v) is 3.18. The van der Waals surface area contributed by atoms with Crippen molar-refractivity contribution in [2.75, 3.05) is 24.3 Å². The molecule has 0 spiro atoms. The Morgan fingerprint density at radius 2 is 2.25 bits per heavy atom. The van der Waals surface area contributed by atoms with Crippen LogP contribution in [-0.4, -0.2) is 25.1 Å². The predicted molar refractivity (Wildman–Crippen MR) is 69.0 cm³/mol. The van der Waals surface area contributed by atoms with E-state index < -0.39 is 0 Å². The molecule has 3 nitrogen and oxygen atoms in total. The Balaban J connectivity index is 2.12. The lowest BCUT2D eigenvalue weighted by Gasteiger charge is -2.22. The van der Waals surface area contributed by atoms with Gasteiger partial charge in [0, 0.05) is 26.3 Å². The van der Waals surface area contributed by atoms with Gasteiger partial charge in [0.15, 0.2) is 5.82 Å². The summed E-state index contributed by atoms with van der Waals surface area (Å²) in [6, 6.07) is 4.73. The molecule has 88 valence electrons. The molecule has 0 aliphatic heterocycles. The first kappa shape index (κ1) is 11.2. The molecule has 3 heteroatoms. The van der Waals surface area contributed by atoms with Crippen LogP contribution < -0.4 is 10.2 Å². The highest BCUT2D eigenvalue weighted by Crippen LogP contribution is 2.36. The van der Waals surface area contributed by atoms with Gasteiger partial charge in [0.1, 0.15) is 0 Å². The fourth-order valence-corrected chi connectivity index (χ4v) is 2.12. The molecule has 1 fully saturated rings. The molecule has 1 aliphatic carbocycles. The molecule has 1 saturated carbocycles. The second-order valence-electron chi connectivity index (χ2n) is 4.77. The smallest absolute Gasteiger partial charge is 0.151 e. The van der Waals surface area contributed by atoms with Crippen LogP contribution >= 0.6 is 0 Å². The zero-order valence-electron chi connectivity index (χ0n) is 10.4. The van der Waals surface area contributed by atoms with Gasteiger partial charge in [0.05, 0.1) is 5.69 Å². The summed E-state index contributed by atoms with van der Waals surface area (Å²) in [6.07, 6.45) is 5.79. The van der Waals surface area contributed by atoms with Gasteiger partial charge in [-0.05, 0) is 37.3 Å². The summed E-state index contributed by atoms with van der Waals surface area (Å²) in [5.41, 5.74) is 1.16. The number of anilines is 2. The fraction of sp³-hybridized carbons (Fsp3) is 0.615. The minimum absolute atomic E-state index is 0.614. The molecule has 1 heterocycles. The lowest BCUT2D eigenvalue weighted by molar-refractivity contribution is 0.616. The Morgan fingerprint density at radius 3 is 2.81 bits per heavy atom. The fourth-order valence-electron chi connectivity index (χ4n) is 2.12. The third kappa shape index (κ3) is 2.46. The van der Waals surface area contributed by atoms with E-state index in [9.17, 15) is 0 Å². The lowest BCUT2D eigenvalue weighted by atomic mass is 10.1. The van der Waals surface area contributed by atoms with Crippen molar-refractivity contribution in [3.8, 4) is 0 Å². The first-order valence-electron chi connectivity index (χ1n) is 6.11. The summed E-state index contributed by atoms with van der Waals surface area (Å²) in [5, 5.41) is 3.64. The molecule has 1 atom stereocenters. The number of nitrogens with one attached hydrogen (secondary N) is 1. The Hall–Kier alpha value is -1.25. The molecule has 1 unspecified atom stereocenters. The number of nitrogens with zero attached hydrogens (tertiary/aromatic N) is 2. The zero-order chi connectivity index (χ0) is 11.5. The largest absolute Gasteiger partial charge is 0.379 e. The molecular weight excluding hydrogens is 198 g/mol. The van der Waals surface area contributed by atoms with Crippen LogP contribution in [0, 0.1) is 5.92 Å².